The van der Waals surface area contributed by atoms with Crippen LogP contribution in [0.2, 0.25) is 0 Å². The Morgan fingerprint density at radius 2 is 2.25 bits per heavy atom. The quantitative estimate of drug-likeness (QED) is 0.789. The van der Waals surface area contributed by atoms with E-state index in [1.165, 1.54) is 0 Å². The van der Waals surface area contributed by atoms with Gasteiger partial charge in [-0.2, -0.15) is 0 Å². The van der Waals surface area contributed by atoms with Crippen LogP contribution in [0.1, 0.15) is 12.6 Å². The third-order valence-electron chi connectivity index (χ3n) is 2.21. The summed E-state index contributed by atoms with van der Waals surface area (Å²) >= 11 is 0. The number of nitrogens with zero attached hydrogens (tertiary/aromatic N) is 2. The van der Waals surface area contributed by atoms with E-state index in [9.17, 15) is 9.90 Å². The van der Waals surface area contributed by atoms with Gasteiger partial charge in [-0.3, -0.25) is 9.78 Å². The van der Waals surface area contributed by atoms with Crippen molar-refractivity contribution in [2.45, 2.75) is 13.3 Å². The molecule has 82 valence electrons. The highest BCUT2D eigenvalue weighted by Crippen LogP contribution is 2.14. The van der Waals surface area contributed by atoms with Crippen LogP contribution in [0, 0.1) is 0 Å². The molecule has 16 heavy (non-hydrogen) atoms. The summed E-state index contributed by atoms with van der Waals surface area (Å²) in [5.74, 6) is 0.0578. The van der Waals surface area contributed by atoms with Gasteiger partial charge in [-0.05, 0) is 18.6 Å². The molecule has 5 nitrogen and oxygen atoms in total. The minimum absolute atomic E-state index is 0.317. The number of hydrogen-bond donors (Lipinski definition) is 2. The number of aromatic hydroxyl groups is 1. The maximum absolute atomic E-state index is 11.4. The van der Waals surface area contributed by atoms with Crippen LogP contribution in [0.25, 0.3) is 11.5 Å². The Balaban J connectivity index is 2.60. The predicted octanol–water partition coefficient (Wildman–Crippen LogP) is 1.10. The Morgan fingerprint density at radius 1 is 1.44 bits per heavy atom. The van der Waals surface area contributed by atoms with Crippen molar-refractivity contribution < 1.29 is 5.11 Å². The highest BCUT2D eigenvalue weighted by atomic mass is 16.3. The van der Waals surface area contributed by atoms with Gasteiger partial charge < -0.3 is 10.1 Å². The normalized spacial score (nSPS) is 10.3. The highest BCUT2D eigenvalue weighted by Gasteiger charge is 2.09. The van der Waals surface area contributed by atoms with E-state index in [1.54, 1.807) is 24.4 Å². The molecule has 0 aliphatic heterocycles. The van der Waals surface area contributed by atoms with E-state index in [0.29, 0.717) is 23.6 Å². The second kappa shape index (κ2) is 4.14. The third kappa shape index (κ3) is 1.79. The summed E-state index contributed by atoms with van der Waals surface area (Å²) in [5, 5.41) is 9.44. The molecular formula is C11H11N3O2. The molecule has 0 spiro atoms. The molecule has 0 radical (unpaired) electrons. The van der Waals surface area contributed by atoms with Crippen LogP contribution in [-0.4, -0.2) is 20.1 Å². The molecule has 0 atom stereocenters. The maximum atomic E-state index is 11.4. The van der Waals surface area contributed by atoms with Crippen molar-refractivity contribution >= 4 is 0 Å². The van der Waals surface area contributed by atoms with Crippen molar-refractivity contribution in [1.29, 1.82) is 0 Å². The van der Waals surface area contributed by atoms with Crippen molar-refractivity contribution in [3.05, 3.63) is 40.4 Å². The fraction of sp³-hybridized carbons (Fsp3) is 0.182. The van der Waals surface area contributed by atoms with E-state index >= 15 is 0 Å². The number of pyridine rings is 1. The lowest BCUT2D eigenvalue weighted by molar-refractivity contribution is 0.455. The molecule has 0 amide bonds. The summed E-state index contributed by atoms with van der Waals surface area (Å²) in [6.07, 6.45) is 2.11. The van der Waals surface area contributed by atoms with Crippen molar-refractivity contribution in [3.63, 3.8) is 0 Å². The Bertz CT molecular complexity index is 549. The molecule has 2 heterocycles. The lowest BCUT2D eigenvalue weighted by Gasteiger charge is -2.03. The van der Waals surface area contributed by atoms with Crippen LogP contribution in [0.4, 0.5) is 0 Å². The van der Waals surface area contributed by atoms with Gasteiger partial charge in [0, 0.05) is 6.20 Å². The topological polar surface area (TPSA) is 78.9 Å². The van der Waals surface area contributed by atoms with Gasteiger partial charge >= 0.3 is 0 Å². The Labute approximate surface area is 91.8 Å². The van der Waals surface area contributed by atoms with Crippen LogP contribution in [0.15, 0.2) is 29.2 Å². The molecule has 2 aromatic rings. The molecule has 0 aliphatic carbocycles. The Hall–Kier alpha value is -2.17. The van der Waals surface area contributed by atoms with Gasteiger partial charge in [-0.1, -0.05) is 13.0 Å². The molecule has 0 saturated carbocycles. The molecule has 0 saturated heterocycles. The summed E-state index contributed by atoms with van der Waals surface area (Å²) in [5.41, 5.74) is 0.422. The molecule has 2 rings (SSSR count). The zero-order valence-corrected chi connectivity index (χ0v) is 8.77. The molecule has 0 bridgehead atoms. The average molecular weight is 217 g/mol. The number of hydrogen-bond acceptors (Lipinski definition) is 4. The van der Waals surface area contributed by atoms with Gasteiger partial charge in [0.25, 0.3) is 5.56 Å². The predicted molar refractivity (Wildman–Crippen MR) is 59.1 cm³/mol. The van der Waals surface area contributed by atoms with Crippen molar-refractivity contribution in [3.8, 4) is 17.3 Å². The summed E-state index contributed by atoms with van der Waals surface area (Å²) < 4.78 is 0. The summed E-state index contributed by atoms with van der Waals surface area (Å²) in [4.78, 5) is 22.1. The van der Waals surface area contributed by atoms with Gasteiger partial charge in [0.05, 0.1) is 5.69 Å². The monoisotopic (exact) mass is 217 g/mol. The van der Waals surface area contributed by atoms with Gasteiger partial charge in [-0.25, -0.2) is 4.98 Å². The Kier molecular flexibility index (Phi) is 2.68. The van der Waals surface area contributed by atoms with E-state index in [1.807, 2.05) is 6.92 Å². The molecule has 0 unspecified atom stereocenters. The zero-order chi connectivity index (χ0) is 11.5. The molecule has 0 aromatic carbocycles. The van der Waals surface area contributed by atoms with Crippen molar-refractivity contribution in [2.75, 3.05) is 0 Å². The standard InChI is InChI=1S/C11H11N3O2/c1-2-7-9(15)11(16)14-10(13-7)8-5-3-4-6-12-8/h3-6,15H,2H2,1H3,(H,13,14,16). The van der Waals surface area contributed by atoms with E-state index in [0.717, 1.165) is 0 Å². The second-order valence-electron chi connectivity index (χ2n) is 3.28. The summed E-state index contributed by atoms with van der Waals surface area (Å²) in [7, 11) is 0. The number of nitrogens with one attached hydrogen (secondary N) is 1. The molecule has 5 heteroatoms. The van der Waals surface area contributed by atoms with E-state index in [2.05, 4.69) is 15.0 Å². The Morgan fingerprint density at radius 3 is 2.88 bits per heavy atom. The van der Waals surface area contributed by atoms with Crippen LogP contribution in [0.5, 0.6) is 5.75 Å². The number of aromatic nitrogens is 3. The van der Waals surface area contributed by atoms with E-state index < -0.39 is 5.56 Å². The fourth-order valence-electron chi connectivity index (χ4n) is 1.38. The van der Waals surface area contributed by atoms with Crippen molar-refractivity contribution in [1.82, 2.24) is 15.0 Å². The number of rotatable bonds is 2. The summed E-state index contributed by atoms with van der Waals surface area (Å²) in [6.45, 7) is 1.82. The number of aryl methyl sites for hydroxylation is 1. The zero-order valence-electron chi connectivity index (χ0n) is 8.77. The fourth-order valence-corrected chi connectivity index (χ4v) is 1.38. The molecule has 2 aromatic heterocycles. The molecule has 0 aliphatic rings. The lowest BCUT2D eigenvalue weighted by atomic mass is 10.2. The smallest absolute Gasteiger partial charge is 0.293 e. The first kappa shape index (κ1) is 10.4. The van der Waals surface area contributed by atoms with Crippen LogP contribution < -0.4 is 5.56 Å². The minimum atomic E-state index is -0.535. The first-order valence-corrected chi connectivity index (χ1v) is 4.96. The van der Waals surface area contributed by atoms with Crippen LogP contribution in [0.3, 0.4) is 0 Å². The van der Waals surface area contributed by atoms with Crippen LogP contribution in [-0.2, 0) is 6.42 Å². The number of aromatic amines is 1. The molecule has 2 N–H and O–H groups in total. The lowest BCUT2D eigenvalue weighted by Crippen LogP contribution is -2.11. The summed E-state index contributed by atoms with van der Waals surface area (Å²) in [6, 6.07) is 5.33. The first-order valence-electron chi connectivity index (χ1n) is 4.96. The van der Waals surface area contributed by atoms with Gasteiger partial charge in [0.2, 0.25) is 5.75 Å². The highest BCUT2D eigenvalue weighted by molar-refractivity contribution is 5.49. The average Bonchev–Trinajstić information content (AvgIpc) is 2.33. The van der Waals surface area contributed by atoms with Crippen LogP contribution >= 0.6 is 0 Å². The maximum Gasteiger partial charge on any atom is 0.293 e. The molecular weight excluding hydrogens is 206 g/mol. The van der Waals surface area contributed by atoms with Gasteiger partial charge in [0.1, 0.15) is 5.69 Å². The van der Waals surface area contributed by atoms with Gasteiger partial charge in [-0.15, -0.1) is 0 Å². The second-order valence-corrected chi connectivity index (χ2v) is 3.28. The SMILES string of the molecule is CCc1nc(-c2ccccn2)[nH]c(=O)c1O. The number of H-pyrrole nitrogens is 1. The minimum Gasteiger partial charge on any atom is -0.502 e. The molecule has 0 fully saturated rings. The van der Waals surface area contributed by atoms with Gasteiger partial charge in [0.15, 0.2) is 5.82 Å². The van der Waals surface area contributed by atoms with E-state index in [-0.39, 0.29) is 5.75 Å². The third-order valence-corrected chi connectivity index (χ3v) is 2.21. The largest absolute Gasteiger partial charge is 0.502 e. The first-order chi connectivity index (χ1) is 7.72. The van der Waals surface area contributed by atoms with Crippen molar-refractivity contribution in [2.24, 2.45) is 0 Å². The van der Waals surface area contributed by atoms with E-state index in [4.69, 9.17) is 0 Å².